The highest BCUT2D eigenvalue weighted by atomic mass is 16.5. The highest BCUT2D eigenvalue weighted by Gasteiger charge is 2.51. The van der Waals surface area contributed by atoms with Gasteiger partial charge in [0.25, 0.3) is 0 Å². The van der Waals surface area contributed by atoms with E-state index in [-0.39, 0.29) is 11.8 Å². The van der Waals surface area contributed by atoms with Crippen molar-refractivity contribution in [3.8, 4) is 5.75 Å². The average Bonchev–Trinajstić information content (AvgIpc) is 3.37. The Kier molecular flexibility index (Phi) is 4.25. The number of hydrogen-bond donors (Lipinski definition) is 2. The van der Waals surface area contributed by atoms with Crippen LogP contribution in [0.5, 0.6) is 5.75 Å². The molecule has 0 atom stereocenters. The quantitative estimate of drug-likeness (QED) is 0.886. The van der Waals surface area contributed by atoms with Gasteiger partial charge >= 0.3 is 0 Å². The fourth-order valence-electron chi connectivity index (χ4n) is 2.85. The molecule has 1 fully saturated rings. The molecule has 1 saturated carbocycles. The molecule has 2 aromatic rings. The number of methoxy groups -OCH3 is 1. The van der Waals surface area contributed by atoms with Crippen molar-refractivity contribution in [1.29, 1.82) is 0 Å². The molecule has 5 heteroatoms. The van der Waals surface area contributed by atoms with Crippen molar-refractivity contribution in [2.75, 3.05) is 17.7 Å². The number of anilines is 2. The second-order valence-corrected chi connectivity index (χ2v) is 6.00. The van der Waals surface area contributed by atoms with Gasteiger partial charge in [-0.05, 0) is 36.6 Å². The number of amides is 2. The molecule has 2 N–H and O–H groups in total. The van der Waals surface area contributed by atoms with Crippen molar-refractivity contribution in [3.63, 3.8) is 0 Å². The van der Waals surface area contributed by atoms with Crippen LogP contribution in [0, 0.1) is 0 Å². The summed E-state index contributed by atoms with van der Waals surface area (Å²) in [5.41, 5.74) is 1.77. The second-order valence-electron chi connectivity index (χ2n) is 6.00. The zero-order chi connectivity index (χ0) is 17.2. The van der Waals surface area contributed by atoms with Gasteiger partial charge in [0.15, 0.2) is 0 Å². The average molecular weight is 324 g/mol. The summed E-state index contributed by atoms with van der Waals surface area (Å²) in [5, 5.41) is 5.67. The zero-order valence-corrected chi connectivity index (χ0v) is 13.8. The van der Waals surface area contributed by atoms with Gasteiger partial charge in [-0.25, -0.2) is 0 Å². The van der Waals surface area contributed by atoms with Crippen molar-refractivity contribution in [1.82, 2.24) is 0 Å². The molecular weight excluding hydrogens is 304 g/mol. The third-order valence-corrected chi connectivity index (χ3v) is 4.28. The van der Waals surface area contributed by atoms with E-state index in [0.717, 1.165) is 18.4 Å². The van der Waals surface area contributed by atoms with Gasteiger partial charge in [0.2, 0.25) is 11.8 Å². The first-order chi connectivity index (χ1) is 11.5. The van der Waals surface area contributed by atoms with E-state index in [0.29, 0.717) is 17.1 Å². The first-order valence-electron chi connectivity index (χ1n) is 7.88. The minimum absolute atomic E-state index is 0.0207. The monoisotopic (exact) mass is 324 g/mol. The third-order valence-electron chi connectivity index (χ3n) is 4.28. The van der Waals surface area contributed by atoms with Crippen molar-refractivity contribution >= 4 is 23.2 Å². The molecule has 0 spiro atoms. The first kappa shape index (κ1) is 16.1. The number of carbonyl (C=O) groups is 2. The Morgan fingerprint density at radius 2 is 1.75 bits per heavy atom. The second kappa shape index (κ2) is 6.35. The van der Waals surface area contributed by atoms with Crippen molar-refractivity contribution in [3.05, 3.63) is 54.1 Å². The summed E-state index contributed by atoms with van der Waals surface area (Å²) < 4.78 is 5.23. The Morgan fingerprint density at radius 3 is 2.33 bits per heavy atom. The highest BCUT2D eigenvalue weighted by molar-refractivity contribution is 6.02. The van der Waals surface area contributed by atoms with Crippen LogP contribution in [0.15, 0.2) is 48.5 Å². The molecule has 0 heterocycles. The third kappa shape index (κ3) is 3.11. The van der Waals surface area contributed by atoms with E-state index in [9.17, 15) is 9.59 Å². The minimum atomic E-state index is -0.435. The van der Waals surface area contributed by atoms with Crippen molar-refractivity contribution in [2.45, 2.75) is 25.2 Å². The van der Waals surface area contributed by atoms with E-state index in [1.54, 1.807) is 18.2 Å². The van der Waals surface area contributed by atoms with E-state index >= 15 is 0 Å². The standard InChI is InChI=1S/C19H20N2O3/c1-13(22)20-16-12-15(8-9-17(16)24-2)21-18(23)19(10-11-19)14-6-4-3-5-7-14/h3-9,12H,10-11H2,1-2H3,(H,20,22)(H,21,23). The van der Waals surface area contributed by atoms with E-state index < -0.39 is 5.41 Å². The van der Waals surface area contributed by atoms with Crippen LogP contribution in [-0.4, -0.2) is 18.9 Å². The lowest BCUT2D eigenvalue weighted by molar-refractivity contribution is -0.118. The van der Waals surface area contributed by atoms with Gasteiger partial charge in [-0.2, -0.15) is 0 Å². The van der Waals surface area contributed by atoms with Gasteiger partial charge in [0.05, 0.1) is 18.2 Å². The molecule has 1 aliphatic carbocycles. The van der Waals surface area contributed by atoms with Gasteiger partial charge in [0, 0.05) is 12.6 Å². The van der Waals surface area contributed by atoms with Crippen molar-refractivity contribution < 1.29 is 14.3 Å². The molecule has 0 bridgehead atoms. The van der Waals surface area contributed by atoms with E-state index in [4.69, 9.17) is 4.74 Å². The predicted molar refractivity (Wildman–Crippen MR) is 93.3 cm³/mol. The van der Waals surface area contributed by atoms with Crippen molar-refractivity contribution in [2.24, 2.45) is 0 Å². The Bertz CT molecular complexity index is 767. The summed E-state index contributed by atoms with van der Waals surface area (Å²) in [5.74, 6) is 0.333. The first-order valence-corrected chi connectivity index (χ1v) is 7.88. The van der Waals surface area contributed by atoms with Crippen LogP contribution in [0.4, 0.5) is 11.4 Å². The summed E-state index contributed by atoms with van der Waals surface area (Å²) in [6.07, 6.45) is 1.69. The summed E-state index contributed by atoms with van der Waals surface area (Å²) in [7, 11) is 1.54. The number of ether oxygens (including phenoxy) is 1. The van der Waals surface area contributed by atoms with Crippen LogP contribution in [0.2, 0.25) is 0 Å². The minimum Gasteiger partial charge on any atom is -0.495 e. The van der Waals surface area contributed by atoms with Crippen LogP contribution in [0.3, 0.4) is 0 Å². The fourth-order valence-corrected chi connectivity index (χ4v) is 2.85. The molecule has 0 aromatic heterocycles. The van der Waals surface area contributed by atoms with Gasteiger partial charge in [-0.15, -0.1) is 0 Å². The lowest BCUT2D eigenvalue weighted by atomic mass is 9.95. The molecule has 24 heavy (non-hydrogen) atoms. The molecule has 3 rings (SSSR count). The SMILES string of the molecule is COc1ccc(NC(=O)C2(c3ccccc3)CC2)cc1NC(C)=O. The normalized spacial score (nSPS) is 14.6. The Labute approximate surface area is 141 Å². The maximum Gasteiger partial charge on any atom is 0.235 e. The Hall–Kier alpha value is -2.82. The number of nitrogens with one attached hydrogen (secondary N) is 2. The Balaban J connectivity index is 1.81. The van der Waals surface area contributed by atoms with E-state index in [2.05, 4.69) is 10.6 Å². The highest BCUT2D eigenvalue weighted by Crippen LogP contribution is 2.49. The maximum absolute atomic E-state index is 12.8. The van der Waals surface area contributed by atoms with Gasteiger partial charge in [-0.1, -0.05) is 30.3 Å². The van der Waals surface area contributed by atoms with Gasteiger partial charge in [-0.3, -0.25) is 9.59 Å². The van der Waals surface area contributed by atoms with Gasteiger partial charge < -0.3 is 15.4 Å². The van der Waals surface area contributed by atoms with E-state index in [1.165, 1.54) is 14.0 Å². The van der Waals surface area contributed by atoms with Crippen LogP contribution < -0.4 is 15.4 Å². The molecule has 1 aliphatic rings. The topological polar surface area (TPSA) is 67.4 Å². The fraction of sp³-hybridized carbons (Fsp3) is 0.263. The molecule has 0 saturated heterocycles. The molecule has 0 radical (unpaired) electrons. The lowest BCUT2D eigenvalue weighted by Crippen LogP contribution is -2.27. The zero-order valence-electron chi connectivity index (χ0n) is 13.8. The predicted octanol–water partition coefficient (Wildman–Crippen LogP) is 3.32. The molecule has 0 unspecified atom stereocenters. The molecule has 2 aromatic carbocycles. The van der Waals surface area contributed by atoms with Crippen LogP contribution in [0.1, 0.15) is 25.3 Å². The Morgan fingerprint density at radius 1 is 1.04 bits per heavy atom. The molecule has 0 aliphatic heterocycles. The lowest BCUT2D eigenvalue weighted by Gasteiger charge is -2.17. The van der Waals surface area contributed by atoms with Crippen LogP contribution in [-0.2, 0) is 15.0 Å². The largest absolute Gasteiger partial charge is 0.495 e. The molecule has 2 amide bonds. The van der Waals surface area contributed by atoms with Gasteiger partial charge in [0.1, 0.15) is 5.75 Å². The molecule has 5 nitrogen and oxygen atoms in total. The molecule has 124 valence electrons. The maximum atomic E-state index is 12.8. The summed E-state index contributed by atoms with van der Waals surface area (Å²) in [6.45, 7) is 1.43. The number of carbonyl (C=O) groups excluding carboxylic acids is 2. The van der Waals surface area contributed by atoms with Crippen LogP contribution >= 0.6 is 0 Å². The summed E-state index contributed by atoms with van der Waals surface area (Å²) >= 11 is 0. The summed E-state index contributed by atoms with van der Waals surface area (Å²) in [4.78, 5) is 24.1. The van der Waals surface area contributed by atoms with Crippen LogP contribution in [0.25, 0.3) is 0 Å². The molecular formula is C19H20N2O3. The van der Waals surface area contributed by atoms with E-state index in [1.807, 2.05) is 30.3 Å². The number of hydrogen-bond acceptors (Lipinski definition) is 3. The summed E-state index contributed by atoms with van der Waals surface area (Å²) in [6, 6.07) is 15.0. The number of benzene rings is 2. The number of rotatable bonds is 5. The smallest absolute Gasteiger partial charge is 0.235 e.